The van der Waals surface area contributed by atoms with Crippen LogP contribution in [0.4, 0.5) is 0 Å². The molecule has 470 valence electrons. The molecular formula is C93H53N3OS4. The van der Waals surface area contributed by atoms with Gasteiger partial charge in [0.15, 0.2) is 0 Å². The Balaban J connectivity index is 0.684. The molecule has 101 heavy (non-hydrogen) atoms. The van der Waals surface area contributed by atoms with Crippen LogP contribution in [0.1, 0.15) is 25.0 Å². The largest absolute Gasteiger partial charge is 0.456 e. The minimum Gasteiger partial charge on any atom is -0.456 e. The van der Waals surface area contributed by atoms with Crippen LogP contribution < -0.4 is 0 Å². The summed E-state index contributed by atoms with van der Waals surface area (Å²) in [6.45, 7) is 4.73. The third kappa shape index (κ3) is 7.46. The molecular weight excluding hydrogens is 1300 g/mol. The highest BCUT2D eigenvalue weighted by atomic mass is 32.1. The average molecular weight is 1360 g/mol. The lowest BCUT2D eigenvalue weighted by Gasteiger charge is -2.21. The van der Waals surface area contributed by atoms with Crippen molar-refractivity contribution in [3.63, 3.8) is 0 Å². The van der Waals surface area contributed by atoms with E-state index in [1.165, 1.54) is 202 Å². The summed E-state index contributed by atoms with van der Waals surface area (Å²) in [6.07, 6.45) is 0. The first-order chi connectivity index (χ1) is 49.8. The molecule has 0 spiro atoms. The zero-order valence-electron chi connectivity index (χ0n) is 54.5. The highest BCUT2D eigenvalue weighted by Crippen LogP contribution is 2.53. The molecule has 15 aromatic carbocycles. The fourth-order valence-corrected chi connectivity index (χ4v) is 22.7. The maximum Gasteiger partial charge on any atom is 0.135 e. The maximum atomic E-state index is 6.51. The van der Waals surface area contributed by atoms with E-state index in [4.69, 9.17) is 4.42 Å². The fraction of sp³-hybridized carbons (Fsp3) is 0.0323. The molecule has 8 aromatic heterocycles. The molecule has 0 N–H and O–H groups in total. The van der Waals surface area contributed by atoms with E-state index in [1.54, 1.807) is 0 Å². The predicted octanol–water partition coefficient (Wildman–Crippen LogP) is 28.0. The Morgan fingerprint density at radius 3 is 1.30 bits per heavy atom. The number of aromatic nitrogens is 3. The number of rotatable bonds is 5. The zero-order valence-corrected chi connectivity index (χ0v) is 57.8. The Bertz CT molecular complexity index is 7700. The molecule has 4 nitrogen and oxygen atoms in total. The van der Waals surface area contributed by atoms with Crippen molar-refractivity contribution in [1.29, 1.82) is 0 Å². The van der Waals surface area contributed by atoms with Gasteiger partial charge in [-0.05, 0) is 154 Å². The quantitative estimate of drug-likeness (QED) is 0.169. The molecule has 23 aromatic rings. The number of hydrogen-bond acceptors (Lipinski definition) is 5. The summed E-state index contributed by atoms with van der Waals surface area (Å²) < 4.78 is 24.5. The molecule has 0 amide bonds. The standard InChI is InChI=1S/C93H53N3OS4/c1-93(2)75-18-8-3-13-57(75)70-47-54(27-38-76(70)93)94-77-19-9-4-14-58(77)64-33-36-68-72-43-50(25-40-85(72)100-91(68)87(64)94)52-24-31-60-66-34-37-69-73-44-51(26-41-86(73)101-92(69)89(66)95(78(60)45-52)55-28-39-81-71(48-55)61-15-5-10-20-80(61)97-81)53-23-30-59-65-32-35-67-62-16-6-12-22-83(62)99-90(67)88(65)96(79(59)46-53)56-29-42-84-74(49-56)63-17-7-11-21-82(63)98-84/h3-49H,1-2H3. The third-order valence-corrected chi connectivity index (χ3v) is 27.4. The van der Waals surface area contributed by atoms with Gasteiger partial charge < -0.3 is 18.1 Å². The van der Waals surface area contributed by atoms with Crippen molar-refractivity contribution in [3.05, 3.63) is 296 Å². The van der Waals surface area contributed by atoms with Gasteiger partial charge in [0.1, 0.15) is 11.2 Å². The van der Waals surface area contributed by atoms with Crippen molar-refractivity contribution in [1.82, 2.24) is 13.7 Å². The van der Waals surface area contributed by atoms with Crippen LogP contribution >= 0.6 is 45.3 Å². The van der Waals surface area contributed by atoms with Gasteiger partial charge in [-0.25, -0.2) is 0 Å². The van der Waals surface area contributed by atoms with E-state index in [0.29, 0.717) is 0 Å². The number of nitrogens with zero attached hydrogens (tertiary/aromatic N) is 3. The molecule has 0 bridgehead atoms. The summed E-state index contributed by atoms with van der Waals surface area (Å²) in [4.78, 5) is 0. The van der Waals surface area contributed by atoms with Crippen LogP contribution in [0.3, 0.4) is 0 Å². The van der Waals surface area contributed by atoms with E-state index >= 15 is 0 Å². The lowest BCUT2D eigenvalue weighted by atomic mass is 9.82. The van der Waals surface area contributed by atoms with Crippen LogP contribution in [-0.2, 0) is 5.41 Å². The fourth-order valence-electron chi connectivity index (χ4n) is 18.0. The smallest absolute Gasteiger partial charge is 0.135 e. The summed E-state index contributed by atoms with van der Waals surface area (Å²) in [7, 11) is 0. The minimum atomic E-state index is -0.0670. The Morgan fingerprint density at radius 2 is 0.644 bits per heavy atom. The average Bonchev–Trinajstić information content (AvgIpc) is 1.57. The van der Waals surface area contributed by atoms with Crippen molar-refractivity contribution in [2.45, 2.75) is 19.3 Å². The molecule has 8 heterocycles. The van der Waals surface area contributed by atoms with Gasteiger partial charge in [0.2, 0.25) is 0 Å². The topological polar surface area (TPSA) is 27.9 Å². The first-order valence-corrected chi connectivity index (χ1v) is 37.9. The molecule has 0 atom stereocenters. The molecule has 0 aliphatic heterocycles. The Morgan fingerprint density at radius 1 is 0.248 bits per heavy atom. The molecule has 8 heteroatoms. The van der Waals surface area contributed by atoms with Gasteiger partial charge in [0, 0.05) is 132 Å². The molecule has 1 aliphatic rings. The molecule has 0 saturated heterocycles. The van der Waals surface area contributed by atoms with Crippen molar-refractivity contribution in [2.75, 3.05) is 0 Å². The number of para-hydroxylation sites is 2. The molecule has 0 fully saturated rings. The van der Waals surface area contributed by atoms with Gasteiger partial charge >= 0.3 is 0 Å². The predicted molar refractivity (Wildman–Crippen MR) is 437 cm³/mol. The second-order valence-electron chi connectivity index (χ2n) is 28.2. The Kier molecular flexibility index (Phi) is 10.9. The summed E-state index contributed by atoms with van der Waals surface area (Å²) in [6, 6.07) is 108. The number of thiophene rings is 4. The van der Waals surface area contributed by atoms with Crippen molar-refractivity contribution in [2.24, 2.45) is 0 Å². The molecule has 0 radical (unpaired) electrons. The number of hydrogen-bond donors (Lipinski definition) is 0. The van der Waals surface area contributed by atoms with Crippen LogP contribution in [0.25, 0.3) is 218 Å². The van der Waals surface area contributed by atoms with Gasteiger partial charge in [0.05, 0.1) is 47.2 Å². The van der Waals surface area contributed by atoms with E-state index in [9.17, 15) is 0 Å². The SMILES string of the molecule is CC1(C)c2ccccc2-c2cc(-n3c4ccccc4c4ccc5c6cc(-c7ccc8c9ccc%10c%11cc(-c%12ccc%13c%14ccc%15c%16ccccc%16sc%15c%14n(-c%14ccc%15sc%16ccccc%16c%15c%14)c%13c%12)ccc%11sc%10c9n(-c9ccc%10oc%11ccccc%11c%10c9)c8c7)ccc6sc5c43)ccc21. The lowest BCUT2D eigenvalue weighted by molar-refractivity contribution is 0.660. The Hall–Kier alpha value is -11.6. The summed E-state index contributed by atoms with van der Waals surface area (Å²) in [5.74, 6) is 0. The highest BCUT2D eigenvalue weighted by molar-refractivity contribution is 7.28. The first kappa shape index (κ1) is 55.3. The van der Waals surface area contributed by atoms with E-state index in [-0.39, 0.29) is 5.41 Å². The summed E-state index contributed by atoms with van der Waals surface area (Å²) in [5, 5.41) is 20.0. The second-order valence-corrected chi connectivity index (χ2v) is 32.4. The number of furan rings is 1. The van der Waals surface area contributed by atoms with E-state index in [2.05, 4.69) is 313 Å². The van der Waals surface area contributed by atoms with Crippen molar-refractivity contribution < 1.29 is 4.42 Å². The van der Waals surface area contributed by atoms with E-state index in [0.717, 1.165) is 27.6 Å². The molecule has 24 rings (SSSR count). The van der Waals surface area contributed by atoms with Gasteiger partial charge in [-0.15, -0.1) is 45.3 Å². The normalized spacial score (nSPS) is 13.3. The van der Waals surface area contributed by atoms with E-state index in [1.807, 2.05) is 45.3 Å². The first-order valence-electron chi connectivity index (χ1n) is 34.6. The molecule has 0 unspecified atom stereocenters. The number of fused-ring (bicyclic) bond motifs is 30. The van der Waals surface area contributed by atoms with Crippen LogP contribution in [-0.4, -0.2) is 13.7 Å². The van der Waals surface area contributed by atoms with Gasteiger partial charge in [-0.3, -0.25) is 0 Å². The van der Waals surface area contributed by atoms with Crippen molar-refractivity contribution >= 4 is 213 Å². The van der Waals surface area contributed by atoms with Crippen LogP contribution in [0.2, 0.25) is 0 Å². The van der Waals surface area contributed by atoms with Crippen LogP contribution in [0.5, 0.6) is 0 Å². The van der Waals surface area contributed by atoms with Crippen LogP contribution in [0.15, 0.2) is 290 Å². The summed E-state index contributed by atoms with van der Waals surface area (Å²) in [5.41, 5.74) is 22.7. The summed E-state index contributed by atoms with van der Waals surface area (Å²) >= 11 is 7.60. The van der Waals surface area contributed by atoms with E-state index < -0.39 is 0 Å². The lowest BCUT2D eigenvalue weighted by Crippen LogP contribution is -2.14. The maximum absolute atomic E-state index is 6.51. The van der Waals surface area contributed by atoms with Crippen LogP contribution in [0, 0.1) is 0 Å². The monoisotopic (exact) mass is 1360 g/mol. The molecule has 1 aliphatic carbocycles. The van der Waals surface area contributed by atoms with Gasteiger partial charge in [-0.2, -0.15) is 0 Å². The van der Waals surface area contributed by atoms with Crippen molar-refractivity contribution in [3.8, 4) is 50.4 Å². The minimum absolute atomic E-state index is 0.0670. The number of benzene rings is 15. The van der Waals surface area contributed by atoms with Gasteiger partial charge in [-0.1, -0.05) is 190 Å². The molecule has 0 saturated carbocycles. The third-order valence-electron chi connectivity index (χ3n) is 22.6. The highest BCUT2D eigenvalue weighted by Gasteiger charge is 2.36. The Labute approximate surface area is 592 Å². The second kappa shape index (κ2) is 19.8. The van der Waals surface area contributed by atoms with Gasteiger partial charge in [0.25, 0.3) is 0 Å². The zero-order chi connectivity index (χ0) is 65.8.